The summed E-state index contributed by atoms with van der Waals surface area (Å²) in [7, 11) is 0. The van der Waals surface area contributed by atoms with Crippen LogP contribution in [0.25, 0.3) is 0 Å². The summed E-state index contributed by atoms with van der Waals surface area (Å²) >= 11 is 0. The van der Waals surface area contributed by atoms with Crippen molar-refractivity contribution in [1.82, 2.24) is 15.1 Å². The molecule has 9 heteroatoms. The highest BCUT2D eigenvalue weighted by Crippen LogP contribution is 2.30. The van der Waals surface area contributed by atoms with E-state index in [9.17, 15) is 4.39 Å². The van der Waals surface area contributed by atoms with Crippen LogP contribution in [0.4, 0.5) is 4.39 Å². The maximum Gasteiger partial charge on any atom is 0.194 e. The van der Waals surface area contributed by atoms with Gasteiger partial charge >= 0.3 is 0 Å². The molecule has 0 spiro atoms. The fourth-order valence-electron chi connectivity index (χ4n) is 4.13. The molecule has 162 valence electrons. The van der Waals surface area contributed by atoms with E-state index < -0.39 is 0 Å². The second kappa shape index (κ2) is 10.7. The minimum atomic E-state index is -0.281. The lowest BCUT2D eigenvalue weighted by atomic mass is 10.1. The van der Waals surface area contributed by atoms with Crippen molar-refractivity contribution in [3.8, 4) is 5.75 Å². The lowest BCUT2D eigenvalue weighted by Crippen LogP contribution is -2.46. The fraction of sp³-hybridized carbons (Fsp3) is 0.650. The number of benzene rings is 1. The zero-order valence-electron chi connectivity index (χ0n) is 16.9. The van der Waals surface area contributed by atoms with E-state index >= 15 is 0 Å². The van der Waals surface area contributed by atoms with E-state index in [1.165, 1.54) is 12.1 Å². The summed E-state index contributed by atoms with van der Waals surface area (Å²) in [5.41, 5.74) is 1.51. The molecule has 1 atom stereocenters. The fourth-order valence-corrected chi connectivity index (χ4v) is 4.13. The van der Waals surface area contributed by atoms with E-state index in [2.05, 4.69) is 22.0 Å². The Morgan fingerprint density at radius 3 is 2.86 bits per heavy atom. The highest BCUT2D eigenvalue weighted by molar-refractivity contribution is 14.0. The van der Waals surface area contributed by atoms with Gasteiger partial charge in [-0.15, -0.1) is 24.0 Å². The molecule has 7 nitrogen and oxygen atoms in total. The third-order valence-electron chi connectivity index (χ3n) is 5.51. The Morgan fingerprint density at radius 2 is 2.07 bits per heavy atom. The van der Waals surface area contributed by atoms with Gasteiger partial charge in [0.05, 0.1) is 26.4 Å². The Morgan fingerprint density at radius 1 is 1.24 bits per heavy atom. The van der Waals surface area contributed by atoms with Crippen molar-refractivity contribution < 1.29 is 18.6 Å². The molecule has 1 unspecified atom stereocenters. The van der Waals surface area contributed by atoms with E-state index in [1.807, 2.05) is 0 Å². The number of rotatable bonds is 4. The third kappa shape index (κ3) is 5.50. The molecule has 1 aromatic rings. The Balaban J connectivity index is 0.00000240. The highest BCUT2D eigenvalue weighted by atomic mass is 127. The topological polar surface area (TPSA) is 58.6 Å². The first-order valence-electron chi connectivity index (χ1n) is 10.1. The van der Waals surface area contributed by atoms with Crippen molar-refractivity contribution in [3.63, 3.8) is 0 Å². The smallest absolute Gasteiger partial charge is 0.194 e. The standard InChI is InChI=1S/C20H29FN4O3.HI/c1-2-22-20(25-4-3-18(12-25)24-5-7-26-8-6-24)23-11-15-9-17(21)10-16-13-27-14-28-19(15)16;/h9-10,18H,2-8,11-14H2,1H3,(H,22,23);1H. The van der Waals surface area contributed by atoms with Crippen LogP contribution in [0.5, 0.6) is 5.75 Å². The van der Waals surface area contributed by atoms with E-state index in [1.54, 1.807) is 0 Å². The van der Waals surface area contributed by atoms with Gasteiger partial charge in [-0.2, -0.15) is 0 Å². The number of halogens is 2. The maximum absolute atomic E-state index is 14.0. The van der Waals surface area contributed by atoms with Crippen molar-refractivity contribution in [1.29, 1.82) is 0 Å². The number of morpholine rings is 1. The van der Waals surface area contributed by atoms with Gasteiger partial charge in [-0.1, -0.05) is 0 Å². The van der Waals surface area contributed by atoms with Crippen LogP contribution in [-0.4, -0.2) is 74.5 Å². The quantitative estimate of drug-likeness (QED) is 0.374. The minimum absolute atomic E-state index is 0. The third-order valence-corrected chi connectivity index (χ3v) is 5.51. The minimum Gasteiger partial charge on any atom is -0.467 e. The molecule has 2 saturated heterocycles. The molecular weight excluding hydrogens is 490 g/mol. The molecule has 0 amide bonds. The lowest BCUT2D eigenvalue weighted by molar-refractivity contribution is -0.0172. The van der Waals surface area contributed by atoms with Gasteiger partial charge in [0, 0.05) is 49.9 Å². The maximum atomic E-state index is 14.0. The number of nitrogens with one attached hydrogen (secondary N) is 1. The van der Waals surface area contributed by atoms with Crippen LogP contribution in [0, 0.1) is 5.82 Å². The van der Waals surface area contributed by atoms with Crippen molar-refractivity contribution in [2.24, 2.45) is 4.99 Å². The number of nitrogens with zero attached hydrogens (tertiary/aromatic N) is 3. The predicted octanol–water partition coefficient (Wildman–Crippen LogP) is 2.18. The van der Waals surface area contributed by atoms with Gasteiger partial charge in [-0.05, 0) is 25.5 Å². The first-order chi connectivity index (χ1) is 13.7. The number of aliphatic imine (C=N–C) groups is 1. The number of hydrogen-bond donors (Lipinski definition) is 1. The molecule has 3 heterocycles. The molecular formula is C20H30FIN4O3. The van der Waals surface area contributed by atoms with E-state index in [0.717, 1.165) is 69.4 Å². The number of hydrogen-bond acceptors (Lipinski definition) is 5. The zero-order valence-corrected chi connectivity index (χ0v) is 19.2. The summed E-state index contributed by atoms with van der Waals surface area (Å²) in [5, 5.41) is 3.39. The summed E-state index contributed by atoms with van der Waals surface area (Å²) in [6.07, 6.45) is 1.13. The number of fused-ring (bicyclic) bond motifs is 1. The second-order valence-electron chi connectivity index (χ2n) is 7.37. The molecule has 3 aliphatic rings. The van der Waals surface area contributed by atoms with Crippen LogP contribution in [0.1, 0.15) is 24.5 Å². The SMILES string of the molecule is CCNC(=NCc1cc(F)cc2c1OCOC2)N1CCC(N2CCOCC2)C1.I. The van der Waals surface area contributed by atoms with Crippen molar-refractivity contribution >= 4 is 29.9 Å². The van der Waals surface area contributed by atoms with E-state index in [-0.39, 0.29) is 36.6 Å². The van der Waals surface area contributed by atoms with E-state index in [4.69, 9.17) is 19.2 Å². The molecule has 0 aromatic heterocycles. The molecule has 3 aliphatic heterocycles. The van der Waals surface area contributed by atoms with Crippen molar-refractivity contribution in [2.45, 2.75) is 32.5 Å². The first kappa shape index (κ1) is 22.5. The van der Waals surface area contributed by atoms with Gasteiger partial charge in [0.15, 0.2) is 12.8 Å². The largest absolute Gasteiger partial charge is 0.467 e. The zero-order chi connectivity index (χ0) is 19.3. The Bertz CT molecular complexity index is 715. The molecule has 4 rings (SSSR count). The summed E-state index contributed by atoms with van der Waals surface area (Å²) in [6, 6.07) is 3.52. The molecule has 1 N–H and O–H groups in total. The number of likely N-dealkylation sites (tertiary alicyclic amines) is 1. The molecule has 1 aromatic carbocycles. The summed E-state index contributed by atoms with van der Waals surface area (Å²) < 4.78 is 30.3. The average molecular weight is 520 g/mol. The molecule has 0 radical (unpaired) electrons. The molecule has 29 heavy (non-hydrogen) atoms. The molecule has 2 fully saturated rings. The monoisotopic (exact) mass is 520 g/mol. The van der Waals surface area contributed by atoms with Gasteiger partial charge in [0.25, 0.3) is 0 Å². The highest BCUT2D eigenvalue weighted by Gasteiger charge is 2.30. The van der Waals surface area contributed by atoms with Crippen molar-refractivity contribution in [3.05, 3.63) is 29.1 Å². The second-order valence-corrected chi connectivity index (χ2v) is 7.37. The van der Waals surface area contributed by atoms with E-state index in [0.29, 0.717) is 24.9 Å². The van der Waals surface area contributed by atoms with Gasteiger partial charge in [0.2, 0.25) is 0 Å². The number of ether oxygens (including phenoxy) is 3. The van der Waals surface area contributed by atoms with Crippen molar-refractivity contribution in [2.75, 3.05) is 52.7 Å². The Labute approximate surface area is 188 Å². The number of guanidine groups is 1. The first-order valence-corrected chi connectivity index (χ1v) is 10.1. The molecule has 0 saturated carbocycles. The summed E-state index contributed by atoms with van der Waals surface area (Å²) in [6.45, 7) is 9.37. The Kier molecular flexibility index (Phi) is 8.34. The molecule has 0 aliphatic carbocycles. The predicted molar refractivity (Wildman–Crippen MR) is 119 cm³/mol. The lowest BCUT2D eigenvalue weighted by Gasteiger charge is -2.32. The van der Waals surface area contributed by atoms with Crippen LogP contribution >= 0.6 is 24.0 Å². The molecule has 0 bridgehead atoms. The summed E-state index contributed by atoms with van der Waals surface area (Å²) in [5.74, 6) is 1.31. The van der Waals surface area contributed by atoms with Gasteiger partial charge in [0.1, 0.15) is 11.6 Å². The van der Waals surface area contributed by atoms with Gasteiger partial charge in [-0.25, -0.2) is 9.38 Å². The van der Waals surface area contributed by atoms with Crippen LogP contribution in [0.15, 0.2) is 17.1 Å². The van der Waals surface area contributed by atoms with Crippen LogP contribution in [0.2, 0.25) is 0 Å². The average Bonchev–Trinajstić information content (AvgIpc) is 3.21. The van der Waals surface area contributed by atoms with Crippen LogP contribution in [0.3, 0.4) is 0 Å². The van der Waals surface area contributed by atoms with Crippen LogP contribution < -0.4 is 10.1 Å². The summed E-state index contributed by atoms with van der Waals surface area (Å²) in [4.78, 5) is 9.62. The van der Waals surface area contributed by atoms with Gasteiger partial charge < -0.3 is 24.4 Å². The van der Waals surface area contributed by atoms with Gasteiger partial charge in [-0.3, -0.25) is 4.90 Å². The normalized spacial score (nSPS) is 22.6. The van der Waals surface area contributed by atoms with Crippen LogP contribution in [-0.2, 0) is 22.6 Å². The Hall–Kier alpha value is -1.17.